The zero-order valence-electron chi connectivity index (χ0n) is 29.1. The van der Waals surface area contributed by atoms with Crippen molar-refractivity contribution in [2.75, 3.05) is 0 Å². The summed E-state index contributed by atoms with van der Waals surface area (Å²) >= 11 is 3.88. The van der Waals surface area contributed by atoms with Gasteiger partial charge in [-0.15, -0.1) is 22.7 Å². The SMILES string of the molecule is c1cc(-c2ccc3ccccc3c2)cc(-c2c3ccccc3c(-c3cc4c5ccccc5sc4c4c3sc3cc5ccccc5cc34)c3ccccc23)c1. The third kappa shape index (κ3) is 4.42. The average molecular weight is 719 g/mol. The standard InChI is InChI=1S/C52H30S2/c1-2-13-32-26-36(25-24-31(32)12-1)33-16-11-17-37(27-33)48-39-19-5-7-21-41(39)49(42-22-8-6-20-40(42)48)45-30-43-38-18-9-10-23-46(38)53-51(43)50-44-28-34-14-3-4-15-35(34)29-47(44)54-52(45)50/h1-30H. The first-order valence-corrected chi connectivity index (χ1v) is 20.1. The first-order valence-electron chi connectivity index (χ1n) is 18.5. The van der Waals surface area contributed by atoms with Crippen LogP contribution in [0.15, 0.2) is 182 Å². The van der Waals surface area contributed by atoms with Crippen LogP contribution in [0.2, 0.25) is 0 Å². The molecular formula is C52H30S2. The molecule has 12 rings (SSSR count). The van der Waals surface area contributed by atoms with Crippen molar-refractivity contribution in [2.24, 2.45) is 0 Å². The van der Waals surface area contributed by atoms with Gasteiger partial charge in [0.2, 0.25) is 0 Å². The normalized spacial score (nSPS) is 12.1. The Balaban J connectivity index is 1.19. The van der Waals surface area contributed by atoms with Crippen LogP contribution in [0.25, 0.3) is 117 Å². The molecule has 0 nitrogen and oxygen atoms in total. The van der Waals surface area contributed by atoms with Gasteiger partial charge >= 0.3 is 0 Å². The molecule has 0 spiro atoms. The molecule has 2 heterocycles. The summed E-state index contributed by atoms with van der Waals surface area (Å²) in [5.41, 5.74) is 7.61. The first-order chi connectivity index (χ1) is 26.8. The zero-order chi connectivity index (χ0) is 35.3. The van der Waals surface area contributed by atoms with Gasteiger partial charge in [-0.25, -0.2) is 0 Å². The van der Waals surface area contributed by atoms with Gasteiger partial charge in [-0.05, 0) is 107 Å². The van der Waals surface area contributed by atoms with Crippen LogP contribution in [0.4, 0.5) is 0 Å². The molecule has 0 unspecified atom stereocenters. The Morgan fingerprint density at radius 2 is 0.833 bits per heavy atom. The summed E-state index contributed by atoms with van der Waals surface area (Å²) in [7, 11) is 0. The van der Waals surface area contributed by atoms with Gasteiger partial charge in [0.25, 0.3) is 0 Å². The lowest BCUT2D eigenvalue weighted by molar-refractivity contribution is 1.63. The largest absolute Gasteiger partial charge is 0.134 e. The van der Waals surface area contributed by atoms with Crippen molar-refractivity contribution in [3.63, 3.8) is 0 Å². The van der Waals surface area contributed by atoms with Crippen molar-refractivity contribution < 1.29 is 0 Å². The van der Waals surface area contributed by atoms with Crippen molar-refractivity contribution >= 4 is 106 Å². The Morgan fingerprint density at radius 3 is 1.57 bits per heavy atom. The minimum Gasteiger partial charge on any atom is -0.134 e. The molecule has 0 aliphatic heterocycles. The van der Waals surface area contributed by atoms with Crippen molar-refractivity contribution in [1.82, 2.24) is 0 Å². The molecule has 0 aliphatic rings. The maximum absolute atomic E-state index is 2.51. The quantitative estimate of drug-likeness (QED) is 0.160. The van der Waals surface area contributed by atoms with Crippen molar-refractivity contribution in [3.8, 4) is 33.4 Å². The summed E-state index contributed by atoms with van der Waals surface area (Å²) in [6, 6.07) is 67.8. The van der Waals surface area contributed by atoms with Crippen LogP contribution in [-0.2, 0) is 0 Å². The van der Waals surface area contributed by atoms with E-state index in [1.54, 1.807) is 0 Å². The number of thiophene rings is 2. The van der Waals surface area contributed by atoms with Gasteiger partial charge in [0, 0.05) is 45.9 Å². The first kappa shape index (κ1) is 30.2. The molecule has 0 amide bonds. The Bertz CT molecular complexity index is 3450. The lowest BCUT2D eigenvalue weighted by atomic mass is 9.85. The topological polar surface area (TPSA) is 0 Å². The summed E-state index contributed by atoms with van der Waals surface area (Å²) in [4.78, 5) is 0. The van der Waals surface area contributed by atoms with Gasteiger partial charge in [-0.2, -0.15) is 0 Å². The molecule has 250 valence electrons. The molecule has 0 aliphatic carbocycles. The fourth-order valence-corrected chi connectivity index (χ4v) is 11.5. The van der Waals surface area contributed by atoms with Gasteiger partial charge in [-0.1, -0.05) is 146 Å². The van der Waals surface area contributed by atoms with Crippen LogP contribution in [0, 0.1) is 0 Å². The molecule has 0 fully saturated rings. The van der Waals surface area contributed by atoms with Crippen LogP contribution in [0.1, 0.15) is 0 Å². The Morgan fingerprint density at radius 1 is 0.278 bits per heavy atom. The maximum atomic E-state index is 2.51. The van der Waals surface area contributed by atoms with E-state index < -0.39 is 0 Å². The van der Waals surface area contributed by atoms with Gasteiger partial charge < -0.3 is 0 Å². The minimum absolute atomic E-state index is 1.23. The number of hydrogen-bond acceptors (Lipinski definition) is 2. The van der Waals surface area contributed by atoms with Crippen LogP contribution in [0.3, 0.4) is 0 Å². The van der Waals surface area contributed by atoms with Crippen molar-refractivity contribution in [2.45, 2.75) is 0 Å². The number of rotatable bonds is 3. The van der Waals surface area contributed by atoms with Gasteiger partial charge in [0.1, 0.15) is 0 Å². The molecule has 0 radical (unpaired) electrons. The molecule has 0 atom stereocenters. The monoisotopic (exact) mass is 718 g/mol. The van der Waals surface area contributed by atoms with Crippen LogP contribution >= 0.6 is 22.7 Å². The molecule has 54 heavy (non-hydrogen) atoms. The van der Waals surface area contributed by atoms with E-state index in [1.807, 2.05) is 22.7 Å². The summed E-state index contributed by atoms with van der Waals surface area (Å²) in [6.07, 6.45) is 0. The summed E-state index contributed by atoms with van der Waals surface area (Å²) in [5, 5.41) is 15.6. The third-order valence-electron chi connectivity index (χ3n) is 11.4. The molecule has 0 saturated carbocycles. The van der Waals surface area contributed by atoms with E-state index in [0.29, 0.717) is 0 Å². The van der Waals surface area contributed by atoms with E-state index in [4.69, 9.17) is 0 Å². The Hall–Kier alpha value is -6.32. The number of benzene rings is 10. The minimum atomic E-state index is 1.23. The van der Waals surface area contributed by atoms with Crippen molar-refractivity contribution in [1.29, 1.82) is 0 Å². The smallest absolute Gasteiger partial charge is 0.0449 e. The molecular weight excluding hydrogens is 689 g/mol. The van der Waals surface area contributed by atoms with Gasteiger partial charge in [0.05, 0.1) is 0 Å². The second-order valence-electron chi connectivity index (χ2n) is 14.4. The van der Waals surface area contributed by atoms with Crippen LogP contribution < -0.4 is 0 Å². The molecule has 0 N–H and O–H groups in total. The lowest BCUT2D eigenvalue weighted by Gasteiger charge is -2.19. The lowest BCUT2D eigenvalue weighted by Crippen LogP contribution is -1.91. The molecule has 0 bridgehead atoms. The number of fused-ring (bicyclic) bond motifs is 11. The Labute approximate surface area is 319 Å². The predicted octanol–water partition coefficient (Wildman–Crippen LogP) is 16.0. The highest BCUT2D eigenvalue weighted by Crippen LogP contribution is 2.52. The molecule has 0 saturated heterocycles. The van der Waals surface area contributed by atoms with Crippen LogP contribution in [0.5, 0.6) is 0 Å². The van der Waals surface area contributed by atoms with Crippen molar-refractivity contribution in [3.05, 3.63) is 182 Å². The third-order valence-corrected chi connectivity index (χ3v) is 13.8. The zero-order valence-corrected chi connectivity index (χ0v) is 30.8. The second kappa shape index (κ2) is 11.6. The molecule has 12 aromatic rings. The molecule has 2 heteroatoms. The highest BCUT2D eigenvalue weighted by atomic mass is 32.1. The Kier molecular flexibility index (Phi) is 6.48. The van der Waals surface area contributed by atoms with E-state index >= 15 is 0 Å². The van der Waals surface area contributed by atoms with E-state index in [-0.39, 0.29) is 0 Å². The molecule has 2 aromatic heterocycles. The van der Waals surface area contributed by atoms with E-state index in [2.05, 4.69) is 182 Å². The van der Waals surface area contributed by atoms with E-state index in [0.717, 1.165) is 0 Å². The average Bonchev–Trinajstić information content (AvgIpc) is 3.79. The van der Waals surface area contributed by atoms with Gasteiger partial charge in [-0.3, -0.25) is 0 Å². The highest BCUT2D eigenvalue weighted by Gasteiger charge is 2.23. The summed E-state index contributed by atoms with van der Waals surface area (Å²) in [6.45, 7) is 0. The summed E-state index contributed by atoms with van der Waals surface area (Å²) in [5.74, 6) is 0. The predicted molar refractivity (Wildman–Crippen MR) is 239 cm³/mol. The second-order valence-corrected chi connectivity index (χ2v) is 16.5. The van der Waals surface area contributed by atoms with Crippen LogP contribution in [-0.4, -0.2) is 0 Å². The summed E-state index contributed by atoms with van der Waals surface area (Å²) < 4.78 is 5.42. The number of hydrogen-bond donors (Lipinski definition) is 0. The fourth-order valence-electron chi connectivity index (χ4n) is 8.94. The molecule has 10 aromatic carbocycles. The van der Waals surface area contributed by atoms with E-state index in [9.17, 15) is 0 Å². The highest BCUT2D eigenvalue weighted by molar-refractivity contribution is 7.30. The fraction of sp³-hybridized carbons (Fsp3) is 0. The van der Waals surface area contributed by atoms with E-state index in [1.165, 1.54) is 117 Å². The maximum Gasteiger partial charge on any atom is 0.0449 e. The van der Waals surface area contributed by atoms with Gasteiger partial charge in [0.15, 0.2) is 0 Å².